The Morgan fingerprint density at radius 1 is 1.38 bits per heavy atom. The van der Waals surface area contributed by atoms with Crippen molar-refractivity contribution in [2.24, 2.45) is 0 Å². The molecule has 0 unspecified atom stereocenters. The molecule has 1 N–H and O–H groups in total. The first-order valence-corrected chi connectivity index (χ1v) is 7.76. The van der Waals surface area contributed by atoms with Gasteiger partial charge in [0.15, 0.2) is 9.84 Å². The van der Waals surface area contributed by atoms with E-state index in [0.717, 1.165) is 15.7 Å². The summed E-state index contributed by atoms with van der Waals surface area (Å²) in [6.45, 7) is 4.12. The molecule has 5 heteroatoms. The molecule has 16 heavy (non-hydrogen) atoms. The van der Waals surface area contributed by atoms with E-state index >= 15 is 0 Å². The van der Waals surface area contributed by atoms with Crippen molar-refractivity contribution in [1.82, 2.24) is 0 Å². The molecule has 1 aromatic rings. The standard InChI is InChI=1S/C11H16BrNO2S/c1-3-16(14,15)7-6-13-10-4-5-11(12)9(2)8-10/h4-5,8,13H,3,6-7H2,1-2H3. The van der Waals surface area contributed by atoms with Gasteiger partial charge in [0.05, 0.1) is 5.75 Å². The summed E-state index contributed by atoms with van der Waals surface area (Å²) in [4.78, 5) is 0. The molecule has 3 nitrogen and oxygen atoms in total. The topological polar surface area (TPSA) is 46.2 Å². The van der Waals surface area contributed by atoms with Crippen LogP contribution in [0.2, 0.25) is 0 Å². The fourth-order valence-corrected chi connectivity index (χ4v) is 2.20. The van der Waals surface area contributed by atoms with E-state index in [2.05, 4.69) is 21.2 Å². The molecule has 0 aliphatic rings. The quantitative estimate of drug-likeness (QED) is 0.909. The predicted molar refractivity (Wildman–Crippen MR) is 71.7 cm³/mol. The first-order chi connectivity index (χ1) is 7.44. The minimum absolute atomic E-state index is 0.179. The Bertz CT molecular complexity index is 457. The van der Waals surface area contributed by atoms with Crippen molar-refractivity contribution < 1.29 is 8.42 Å². The van der Waals surface area contributed by atoms with Crippen molar-refractivity contribution in [2.75, 3.05) is 23.4 Å². The van der Waals surface area contributed by atoms with Gasteiger partial charge >= 0.3 is 0 Å². The van der Waals surface area contributed by atoms with Crippen molar-refractivity contribution in [1.29, 1.82) is 0 Å². The fraction of sp³-hybridized carbons (Fsp3) is 0.455. The van der Waals surface area contributed by atoms with Crippen molar-refractivity contribution in [3.8, 4) is 0 Å². The van der Waals surface area contributed by atoms with E-state index in [-0.39, 0.29) is 11.5 Å². The maximum Gasteiger partial charge on any atom is 0.151 e. The maximum absolute atomic E-state index is 11.3. The van der Waals surface area contributed by atoms with Gasteiger partial charge in [0.1, 0.15) is 0 Å². The lowest BCUT2D eigenvalue weighted by atomic mass is 10.2. The first kappa shape index (κ1) is 13.5. The van der Waals surface area contributed by atoms with E-state index in [0.29, 0.717) is 6.54 Å². The van der Waals surface area contributed by atoms with Gasteiger partial charge in [0.2, 0.25) is 0 Å². The summed E-state index contributed by atoms with van der Waals surface area (Å²) in [6, 6.07) is 5.87. The van der Waals surface area contributed by atoms with E-state index in [1.807, 2.05) is 25.1 Å². The second-order valence-electron chi connectivity index (χ2n) is 3.63. The maximum atomic E-state index is 11.3. The third-order valence-corrected chi connectivity index (χ3v) is 4.94. The number of anilines is 1. The van der Waals surface area contributed by atoms with E-state index in [1.54, 1.807) is 6.92 Å². The lowest BCUT2D eigenvalue weighted by Crippen LogP contribution is -2.17. The minimum Gasteiger partial charge on any atom is -0.384 e. The molecule has 0 atom stereocenters. The van der Waals surface area contributed by atoms with Gasteiger partial charge in [-0.1, -0.05) is 22.9 Å². The van der Waals surface area contributed by atoms with Crippen LogP contribution < -0.4 is 5.32 Å². The van der Waals surface area contributed by atoms with E-state index < -0.39 is 9.84 Å². The van der Waals surface area contributed by atoms with Crippen LogP contribution in [0.25, 0.3) is 0 Å². The normalized spacial score (nSPS) is 11.4. The van der Waals surface area contributed by atoms with Crippen LogP contribution in [-0.2, 0) is 9.84 Å². The SMILES string of the molecule is CCS(=O)(=O)CCNc1ccc(Br)c(C)c1. The van der Waals surface area contributed by atoms with Gasteiger partial charge in [0.25, 0.3) is 0 Å². The Morgan fingerprint density at radius 2 is 2.06 bits per heavy atom. The third-order valence-electron chi connectivity index (χ3n) is 2.34. The van der Waals surface area contributed by atoms with E-state index in [4.69, 9.17) is 0 Å². The number of nitrogens with one attached hydrogen (secondary N) is 1. The van der Waals surface area contributed by atoms with E-state index in [1.165, 1.54) is 0 Å². The molecule has 1 rings (SSSR count). The molecule has 0 amide bonds. The zero-order valence-corrected chi connectivity index (χ0v) is 11.9. The molecule has 0 heterocycles. The van der Waals surface area contributed by atoms with Crippen molar-refractivity contribution in [3.63, 3.8) is 0 Å². The lowest BCUT2D eigenvalue weighted by molar-refractivity contribution is 0.597. The molecule has 0 radical (unpaired) electrons. The molecule has 0 aliphatic carbocycles. The van der Waals surface area contributed by atoms with Crippen LogP contribution in [0.5, 0.6) is 0 Å². The molecule has 0 spiro atoms. The van der Waals surface area contributed by atoms with Gasteiger partial charge in [-0.2, -0.15) is 0 Å². The molecule has 0 aliphatic heterocycles. The number of sulfone groups is 1. The molecule has 1 aromatic carbocycles. The first-order valence-electron chi connectivity index (χ1n) is 5.15. The average Bonchev–Trinajstić information content (AvgIpc) is 2.23. The minimum atomic E-state index is -2.88. The lowest BCUT2D eigenvalue weighted by Gasteiger charge is -2.08. The Hall–Kier alpha value is -0.550. The van der Waals surface area contributed by atoms with Crippen LogP contribution in [0.1, 0.15) is 12.5 Å². The fourth-order valence-electron chi connectivity index (χ4n) is 1.25. The molecule has 0 saturated heterocycles. The summed E-state index contributed by atoms with van der Waals surface area (Å²) in [6.07, 6.45) is 0. The van der Waals surface area contributed by atoms with Crippen LogP contribution in [0.15, 0.2) is 22.7 Å². The highest BCUT2D eigenvalue weighted by molar-refractivity contribution is 9.10. The molecule has 0 saturated carbocycles. The summed E-state index contributed by atoms with van der Waals surface area (Å²) in [5, 5.41) is 3.10. The zero-order chi connectivity index (χ0) is 12.2. The van der Waals surface area contributed by atoms with E-state index in [9.17, 15) is 8.42 Å². The number of halogens is 1. The van der Waals surface area contributed by atoms with Gasteiger partial charge in [0, 0.05) is 22.5 Å². The molecule has 0 fully saturated rings. The molecular formula is C11H16BrNO2S. The smallest absolute Gasteiger partial charge is 0.151 e. The highest BCUT2D eigenvalue weighted by Gasteiger charge is 2.06. The van der Waals surface area contributed by atoms with Gasteiger partial charge < -0.3 is 5.32 Å². The average molecular weight is 306 g/mol. The van der Waals surface area contributed by atoms with Crippen LogP contribution in [-0.4, -0.2) is 26.5 Å². The van der Waals surface area contributed by atoms with Gasteiger partial charge in [-0.15, -0.1) is 0 Å². The van der Waals surface area contributed by atoms with Gasteiger partial charge in [-0.25, -0.2) is 8.42 Å². The predicted octanol–water partition coefficient (Wildman–Crippen LogP) is 2.60. The molecular weight excluding hydrogens is 290 g/mol. The second kappa shape index (κ2) is 5.68. The third kappa shape index (κ3) is 4.14. The van der Waals surface area contributed by atoms with Gasteiger partial charge in [-0.3, -0.25) is 0 Å². The van der Waals surface area contributed by atoms with Crippen LogP contribution in [0.3, 0.4) is 0 Å². The Morgan fingerprint density at radius 3 is 2.62 bits per heavy atom. The van der Waals surface area contributed by atoms with Crippen molar-refractivity contribution >= 4 is 31.5 Å². The Balaban J connectivity index is 2.53. The molecule has 90 valence electrons. The Kier molecular flexibility index (Phi) is 4.80. The highest BCUT2D eigenvalue weighted by atomic mass is 79.9. The summed E-state index contributed by atoms with van der Waals surface area (Å²) < 4.78 is 23.6. The summed E-state index contributed by atoms with van der Waals surface area (Å²) in [5.74, 6) is 0.382. The number of hydrogen-bond donors (Lipinski definition) is 1. The Labute approximate surface area is 105 Å². The monoisotopic (exact) mass is 305 g/mol. The number of rotatable bonds is 5. The van der Waals surface area contributed by atoms with Gasteiger partial charge in [-0.05, 0) is 30.7 Å². The van der Waals surface area contributed by atoms with Crippen LogP contribution >= 0.6 is 15.9 Å². The summed E-state index contributed by atoms with van der Waals surface area (Å²) in [7, 11) is -2.88. The number of benzene rings is 1. The highest BCUT2D eigenvalue weighted by Crippen LogP contribution is 2.19. The molecule has 0 bridgehead atoms. The van der Waals surface area contributed by atoms with Crippen molar-refractivity contribution in [3.05, 3.63) is 28.2 Å². The van der Waals surface area contributed by atoms with Crippen molar-refractivity contribution in [2.45, 2.75) is 13.8 Å². The largest absolute Gasteiger partial charge is 0.384 e. The molecule has 0 aromatic heterocycles. The summed E-state index contributed by atoms with van der Waals surface area (Å²) in [5.41, 5.74) is 2.08. The number of aryl methyl sites for hydroxylation is 1. The number of hydrogen-bond acceptors (Lipinski definition) is 3. The summed E-state index contributed by atoms with van der Waals surface area (Å²) >= 11 is 3.42. The van der Waals surface area contributed by atoms with Crippen LogP contribution in [0, 0.1) is 6.92 Å². The zero-order valence-electron chi connectivity index (χ0n) is 9.46. The van der Waals surface area contributed by atoms with Crippen LogP contribution in [0.4, 0.5) is 5.69 Å². The second-order valence-corrected chi connectivity index (χ2v) is 6.95.